The van der Waals surface area contributed by atoms with Gasteiger partial charge in [-0.2, -0.15) is 0 Å². The average Bonchev–Trinajstić information content (AvgIpc) is 3.04. The van der Waals surface area contributed by atoms with Crippen LogP contribution in [0.1, 0.15) is 30.0 Å². The standard InChI is InChI=1S/C15H11FN2O2.C4H11NO.C2H6/c1-9-2-3-12(11(16)6-9)18-15-10-7-17-5-4-13(10)20-14(15)8-19;1-5(2)3-4-6;1-2/h2-8,18H,1H3;6H,3-4H2,1-2H3;1-2H3. The molecular formula is C21H28FN3O3. The largest absolute Gasteiger partial charge is 0.451 e. The van der Waals surface area contributed by atoms with Gasteiger partial charge in [-0.1, -0.05) is 19.9 Å². The summed E-state index contributed by atoms with van der Waals surface area (Å²) >= 11 is 0. The molecule has 3 aromatic rings. The minimum absolute atomic E-state index is 0.118. The van der Waals surface area contributed by atoms with Crippen molar-refractivity contribution in [1.29, 1.82) is 0 Å². The number of hydrogen-bond acceptors (Lipinski definition) is 6. The van der Waals surface area contributed by atoms with Crippen molar-refractivity contribution in [1.82, 2.24) is 9.88 Å². The zero-order valence-electron chi connectivity index (χ0n) is 17.0. The Kier molecular flexibility index (Phi) is 9.84. The molecule has 0 spiro atoms. The van der Waals surface area contributed by atoms with Gasteiger partial charge in [-0.25, -0.2) is 4.39 Å². The number of anilines is 2. The summed E-state index contributed by atoms with van der Waals surface area (Å²) in [6.45, 7) is 6.83. The van der Waals surface area contributed by atoms with Gasteiger partial charge in [0.25, 0.3) is 0 Å². The summed E-state index contributed by atoms with van der Waals surface area (Å²) in [5, 5.41) is 11.7. The van der Waals surface area contributed by atoms with Gasteiger partial charge in [0.15, 0.2) is 12.0 Å². The number of rotatable bonds is 5. The summed E-state index contributed by atoms with van der Waals surface area (Å²) in [6.07, 6.45) is 3.73. The summed E-state index contributed by atoms with van der Waals surface area (Å²) < 4.78 is 19.3. The number of aliphatic hydroxyl groups is 1. The highest BCUT2D eigenvalue weighted by atomic mass is 19.1. The maximum Gasteiger partial charge on any atom is 0.191 e. The van der Waals surface area contributed by atoms with Crippen LogP contribution in [0.15, 0.2) is 41.1 Å². The molecule has 0 aliphatic carbocycles. The molecule has 0 aliphatic heterocycles. The number of hydrogen-bond donors (Lipinski definition) is 2. The second kappa shape index (κ2) is 11.8. The van der Waals surface area contributed by atoms with E-state index in [0.29, 0.717) is 22.9 Å². The predicted octanol–water partition coefficient (Wildman–Crippen LogP) is 4.40. The van der Waals surface area contributed by atoms with E-state index in [-0.39, 0.29) is 23.9 Å². The molecule has 152 valence electrons. The average molecular weight is 389 g/mol. The van der Waals surface area contributed by atoms with Gasteiger partial charge in [-0.05, 0) is 44.8 Å². The Labute approximate surface area is 165 Å². The van der Waals surface area contributed by atoms with Crippen LogP contribution < -0.4 is 5.32 Å². The molecule has 28 heavy (non-hydrogen) atoms. The fourth-order valence-corrected chi connectivity index (χ4v) is 2.23. The molecule has 0 aliphatic rings. The highest BCUT2D eigenvalue weighted by molar-refractivity contribution is 6.00. The Bertz CT molecular complexity index is 878. The molecule has 0 atom stereocenters. The number of aldehydes is 1. The van der Waals surface area contributed by atoms with Crippen molar-refractivity contribution in [3.63, 3.8) is 0 Å². The Morgan fingerprint density at radius 2 is 2.00 bits per heavy atom. The highest BCUT2D eigenvalue weighted by Crippen LogP contribution is 2.32. The van der Waals surface area contributed by atoms with E-state index in [9.17, 15) is 9.18 Å². The van der Waals surface area contributed by atoms with Crippen molar-refractivity contribution in [3.05, 3.63) is 53.8 Å². The molecule has 2 aromatic heterocycles. The van der Waals surface area contributed by atoms with Crippen molar-refractivity contribution >= 4 is 28.6 Å². The quantitative estimate of drug-likeness (QED) is 0.630. The van der Waals surface area contributed by atoms with E-state index in [1.165, 1.54) is 6.07 Å². The van der Waals surface area contributed by atoms with Gasteiger partial charge in [-0.15, -0.1) is 0 Å². The topological polar surface area (TPSA) is 78.6 Å². The fraction of sp³-hybridized carbons (Fsp3) is 0.333. The lowest BCUT2D eigenvalue weighted by atomic mass is 10.2. The van der Waals surface area contributed by atoms with Crippen molar-refractivity contribution in [2.75, 3.05) is 32.6 Å². The summed E-state index contributed by atoms with van der Waals surface area (Å²) in [5.74, 6) is -0.270. The van der Waals surface area contributed by atoms with Crippen LogP contribution in [0, 0.1) is 12.7 Å². The number of benzene rings is 1. The summed E-state index contributed by atoms with van der Waals surface area (Å²) in [7, 11) is 3.85. The first-order valence-electron chi connectivity index (χ1n) is 9.06. The zero-order chi connectivity index (χ0) is 21.1. The molecule has 0 saturated heterocycles. The van der Waals surface area contributed by atoms with Crippen LogP contribution in [0.25, 0.3) is 11.0 Å². The molecular weight excluding hydrogens is 361 g/mol. The number of likely N-dealkylation sites (N-methyl/N-ethyl adjacent to an activating group) is 1. The second-order valence-electron chi connectivity index (χ2n) is 5.97. The minimum atomic E-state index is -0.389. The zero-order valence-corrected chi connectivity index (χ0v) is 17.0. The van der Waals surface area contributed by atoms with Crippen LogP contribution in [-0.4, -0.2) is 48.5 Å². The minimum Gasteiger partial charge on any atom is -0.451 e. The molecule has 7 heteroatoms. The molecule has 0 radical (unpaired) electrons. The van der Waals surface area contributed by atoms with Gasteiger partial charge in [0.2, 0.25) is 0 Å². The van der Waals surface area contributed by atoms with Crippen LogP contribution >= 0.6 is 0 Å². The van der Waals surface area contributed by atoms with Gasteiger partial charge < -0.3 is 19.7 Å². The summed E-state index contributed by atoms with van der Waals surface area (Å²) in [6, 6.07) is 6.48. The number of furan rings is 1. The first-order valence-corrected chi connectivity index (χ1v) is 9.06. The van der Waals surface area contributed by atoms with E-state index < -0.39 is 0 Å². The molecule has 0 amide bonds. The molecule has 0 unspecified atom stereocenters. The smallest absolute Gasteiger partial charge is 0.191 e. The molecule has 0 saturated carbocycles. The molecule has 2 heterocycles. The fourth-order valence-electron chi connectivity index (χ4n) is 2.23. The van der Waals surface area contributed by atoms with E-state index >= 15 is 0 Å². The number of carbonyl (C=O) groups excluding carboxylic acids is 1. The van der Waals surface area contributed by atoms with E-state index in [1.807, 2.05) is 32.8 Å². The van der Waals surface area contributed by atoms with Gasteiger partial charge in [-0.3, -0.25) is 9.78 Å². The normalized spacial score (nSPS) is 10.0. The van der Waals surface area contributed by atoms with E-state index in [2.05, 4.69) is 10.3 Å². The highest BCUT2D eigenvalue weighted by Gasteiger charge is 2.15. The molecule has 0 fully saturated rings. The second-order valence-corrected chi connectivity index (χ2v) is 5.97. The predicted molar refractivity (Wildman–Crippen MR) is 111 cm³/mol. The number of halogens is 1. The number of nitrogens with one attached hydrogen (secondary N) is 1. The number of carbonyl (C=O) groups is 1. The van der Waals surface area contributed by atoms with Crippen LogP contribution in [0.5, 0.6) is 0 Å². The van der Waals surface area contributed by atoms with Crippen LogP contribution in [-0.2, 0) is 0 Å². The van der Waals surface area contributed by atoms with Gasteiger partial charge in [0.1, 0.15) is 11.4 Å². The Morgan fingerprint density at radius 3 is 2.54 bits per heavy atom. The first-order chi connectivity index (χ1) is 13.5. The number of pyridine rings is 1. The third-order valence-corrected chi connectivity index (χ3v) is 3.56. The van der Waals surface area contributed by atoms with Crippen molar-refractivity contribution < 1.29 is 18.7 Å². The lowest BCUT2D eigenvalue weighted by molar-refractivity contribution is 0.110. The Balaban J connectivity index is 0.000000422. The van der Waals surface area contributed by atoms with Crippen molar-refractivity contribution in [2.24, 2.45) is 0 Å². The van der Waals surface area contributed by atoms with Gasteiger partial charge >= 0.3 is 0 Å². The van der Waals surface area contributed by atoms with Crippen LogP contribution in [0.3, 0.4) is 0 Å². The number of aromatic nitrogens is 1. The van der Waals surface area contributed by atoms with Crippen molar-refractivity contribution in [3.8, 4) is 0 Å². The lowest BCUT2D eigenvalue weighted by Crippen LogP contribution is -2.15. The third-order valence-electron chi connectivity index (χ3n) is 3.56. The summed E-state index contributed by atoms with van der Waals surface area (Å²) in [4.78, 5) is 17.0. The van der Waals surface area contributed by atoms with Gasteiger partial charge in [0, 0.05) is 18.9 Å². The van der Waals surface area contributed by atoms with Crippen LogP contribution in [0.2, 0.25) is 0 Å². The number of aryl methyl sites for hydroxylation is 1. The molecule has 6 nitrogen and oxygen atoms in total. The monoisotopic (exact) mass is 389 g/mol. The maximum absolute atomic E-state index is 13.9. The third kappa shape index (κ3) is 6.44. The van der Waals surface area contributed by atoms with E-state index in [0.717, 1.165) is 12.1 Å². The maximum atomic E-state index is 13.9. The first kappa shape index (κ1) is 23.3. The Morgan fingerprint density at radius 1 is 1.29 bits per heavy atom. The Hall–Kier alpha value is -2.77. The number of nitrogens with zero attached hydrogens (tertiary/aromatic N) is 2. The number of fused-ring (bicyclic) bond motifs is 1. The SMILES string of the molecule is CC.CN(C)CCO.Cc1ccc(Nc2c(C=O)oc3ccncc23)c(F)c1. The van der Waals surface area contributed by atoms with Crippen molar-refractivity contribution in [2.45, 2.75) is 20.8 Å². The molecule has 3 rings (SSSR count). The molecule has 2 N–H and O–H groups in total. The molecule has 1 aromatic carbocycles. The summed E-state index contributed by atoms with van der Waals surface area (Å²) in [5.41, 5.74) is 2.05. The van der Waals surface area contributed by atoms with E-state index in [4.69, 9.17) is 9.52 Å². The van der Waals surface area contributed by atoms with E-state index in [1.54, 1.807) is 37.5 Å². The van der Waals surface area contributed by atoms with Crippen LogP contribution in [0.4, 0.5) is 15.8 Å². The lowest BCUT2D eigenvalue weighted by Gasteiger charge is -2.07. The molecule has 0 bridgehead atoms. The number of aliphatic hydroxyl groups excluding tert-OH is 1. The van der Waals surface area contributed by atoms with Gasteiger partial charge in [0.05, 0.1) is 23.4 Å².